The van der Waals surface area contributed by atoms with Gasteiger partial charge in [-0.3, -0.25) is 0 Å². The van der Waals surface area contributed by atoms with Gasteiger partial charge in [-0.25, -0.2) is 19.2 Å². The second kappa shape index (κ2) is 19.8. The number of aromatic carboxylic acids is 2. The number of carboxylic acid groups (broad SMARTS) is 4. The highest BCUT2D eigenvalue weighted by Gasteiger charge is 2.06. The molecule has 0 aliphatic carbocycles. The van der Waals surface area contributed by atoms with Crippen LogP contribution in [0.1, 0.15) is 34.6 Å². The average molecular weight is 444 g/mol. The van der Waals surface area contributed by atoms with Gasteiger partial charge in [0.25, 0.3) is 0 Å². The summed E-state index contributed by atoms with van der Waals surface area (Å²) in [5.41, 5.74) is 0.315. The van der Waals surface area contributed by atoms with Crippen LogP contribution in [0.25, 0.3) is 0 Å². The smallest absolute Gasteiger partial charge is 0.335 e. The largest absolute Gasteiger partial charge is 0.478 e. The van der Waals surface area contributed by atoms with Crippen molar-refractivity contribution in [1.29, 1.82) is 0 Å². The maximum Gasteiger partial charge on any atom is 0.335 e. The van der Waals surface area contributed by atoms with Gasteiger partial charge in [0.15, 0.2) is 0 Å². The first kappa shape index (κ1) is 32.1. The molecule has 0 saturated heterocycles. The van der Waals surface area contributed by atoms with Gasteiger partial charge in [-0.15, -0.1) is 0 Å². The fraction of sp³-hybridized carbons (Fsp3) is 0.300. The van der Waals surface area contributed by atoms with Crippen molar-refractivity contribution < 1.29 is 54.6 Å². The van der Waals surface area contributed by atoms with Gasteiger partial charge in [-0.05, 0) is 32.0 Å². The Labute approximate surface area is 179 Å². The number of aliphatic hydroxyl groups is 2. The van der Waals surface area contributed by atoms with Crippen LogP contribution in [0.4, 0.5) is 0 Å². The van der Waals surface area contributed by atoms with Crippen molar-refractivity contribution >= 4 is 23.9 Å². The molecule has 0 unspecified atom stereocenters. The molecule has 1 aromatic carbocycles. The summed E-state index contributed by atoms with van der Waals surface area (Å²) in [4.78, 5) is 40.0. The van der Waals surface area contributed by atoms with Crippen molar-refractivity contribution in [2.75, 3.05) is 26.4 Å². The van der Waals surface area contributed by atoms with E-state index < -0.39 is 23.9 Å². The van der Waals surface area contributed by atoms with E-state index in [-0.39, 0.29) is 35.5 Å². The minimum absolute atomic E-state index is 0.0186. The van der Waals surface area contributed by atoms with Crippen LogP contribution in [0.3, 0.4) is 0 Å². The first-order valence-electron chi connectivity index (χ1n) is 8.45. The van der Waals surface area contributed by atoms with Crippen LogP contribution >= 0.6 is 0 Å². The van der Waals surface area contributed by atoms with Crippen molar-refractivity contribution in [3.63, 3.8) is 0 Å². The van der Waals surface area contributed by atoms with Gasteiger partial charge < -0.3 is 35.4 Å². The van der Waals surface area contributed by atoms with E-state index in [1.165, 1.54) is 32.0 Å². The quantitative estimate of drug-likeness (QED) is 0.250. The number of rotatable bonds is 8. The Morgan fingerprint density at radius 1 is 0.774 bits per heavy atom. The summed E-state index contributed by atoms with van der Waals surface area (Å²) in [6, 6.07) is 5.20. The van der Waals surface area contributed by atoms with Crippen LogP contribution in [0.2, 0.25) is 0 Å². The Bertz CT molecular complexity index is 657. The number of carboxylic acids is 4. The van der Waals surface area contributed by atoms with Crippen LogP contribution in [-0.4, -0.2) is 80.9 Å². The lowest BCUT2D eigenvalue weighted by Crippen LogP contribution is -2.03. The fourth-order valence-electron chi connectivity index (χ4n) is 1.02. The molecular weight excluding hydrogens is 416 g/mol. The number of aliphatic hydroxyl groups excluding tert-OH is 2. The lowest BCUT2D eigenvalue weighted by molar-refractivity contribution is -0.133. The van der Waals surface area contributed by atoms with Gasteiger partial charge in [0.1, 0.15) is 0 Å². The molecule has 1 aromatic rings. The highest BCUT2D eigenvalue weighted by atomic mass is 16.5. The summed E-state index contributed by atoms with van der Waals surface area (Å²) in [5.74, 6) is -4.12. The predicted octanol–water partition coefficient (Wildman–Crippen LogP) is 1.36. The molecule has 0 heterocycles. The molecule has 174 valence electrons. The third kappa shape index (κ3) is 22.6. The lowest BCUT2D eigenvalue weighted by Gasteiger charge is -1.95. The monoisotopic (exact) mass is 444 g/mol. The van der Waals surface area contributed by atoms with Crippen molar-refractivity contribution in [3.05, 3.63) is 59.7 Å². The van der Waals surface area contributed by atoms with E-state index >= 15 is 0 Å². The third-order valence-corrected chi connectivity index (χ3v) is 2.56. The standard InChI is InChI=1S/C8H6O4.C4H10O3.2C4H6O2/c9-7(10)5-2-1-3-6(4-5)8(11)12;5-1-3-7-4-2-6;2*1-3(2)4(5)6/h1-4H,(H,9,10)(H,11,12);5-6H,1-4H2;2*1H2,2H3,(H,5,6). The minimum Gasteiger partial charge on any atom is -0.478 e. The average Bonchev–Trinajstić information content (AvgIpc) is 2.69. The van der Waals surface area contributed by atoms with Crippen molar-refractivity contribution in [2.24, 2.45) is 0 Å². The van der Waals surface area contributed by atoms with E-state index in [0.29, 0.717) is 13.2 Å². The zero-order chi connectivity index (χ0) is 25.0. The maximum atomic E-state index is 10.4. The molecule has 0 amide bonds. The van der Waals surface area contributed by atoms with E-state index in [1.54, 1.807) is 0 Å². The Balaban J connectivity index is -0.000000359. The molecule has 0 atom stereocenters. The highest BCUT2D eigenvalue weighted by Crippen LogP contribution is 2.04. The Morgan fingerprint density at radius 2 is 1.06 bits per heavy atom. The van der Waals surface area contributed by atoms with Gasteiger partial charge >= 0.3 is 23.9 Å². The molecular formula is C20H28O11. The minimum atomic E-state index is -1.13. The molecule has 0 bridgehead atoms. The highest BCUT2D eigenvalue weighted by molar-refractivity contribution is 5.93. The van der Waals surface area contributed by atoms with Crippen molar-refractivity contribution in [2.45, 2.75) is 13.8 Å². The molecule has 11 nitrogen and oxygen atoms in total. The first-order chi connectivity index (χ1) is 14.3. The van der Waals surface area contributed by atoms with Crippen LogP contribution < -0.4 is 0 Å². The summed E-state index contributed by atoms with van der Waals surface area (Å²) < 4.78 is 4.63. The zero-order valence-electron chi connectivity index (χ0n) is 17.3. The summed E-state index contributed by atoms with van der Waals surface area (Å²) >= 11 is 0. The first-order valence-corrected chi connectivity index (χ1v) is 8.45. The van der Waals surface area contributed by atoms with Gasteiger partial charge in [0.05, 0.1) is 37.6 Å². The molecule has 1 rings (SSSR count). The molecule has 0 saturated carbocycles. The molecule has 6 N–H and O–H groups in total. The lowest BCUT2D eigenvalue weighted by atomic mass is 10.1. The molecule has 0 aliphatic rings. The van der Waals surface area contributed by atoms with Gasteiger partial charge in [0, 0.05) is 11.1 Å². The Morgan fingerprint density at radius 3 is 1.26 bits per heavy atom. The van der Waals surface area contributed by atoms with E-state index in [9.17, 15) is 19.2 Å². The van der Waals surface area contributed by atoms with E-state index in [4.69, 9.17) is 30.6 Å². The van der Waals surface area contributed by atoms with Crippen molar-refractivity contribution in [3.8, 4) is 0 Å². The van der Waals surface area contributed by atoms with E-state index in [0.717, 1.165) is 6.07 Å². The topological polar surface area (TPSA) is 199 Å². The number of ether oxygens (including phenoxy) is 1. The second-order valence-corrected chi connectivity index (χ2v) is 5.42. The van der Waals surface area contributed by atoms with Crippen LogP contribution in [-0.2, 0) is 14.3 Å². The normalized spacial score (nSPS) is 8.65. The van der Waals surface area contributed by atoms with Gasteiger partial charge in [-0.2, -0.15) is 0 Å². The number of hydrogen-bond donors (Lipinski definition) is 6. The number of carbonyl (C=O) groups is 4. The molecule has 0 spiro atoms. The van der Waals surface area contributed by atoms with Crippen LogP contribution in [0.15, 0.2) is 48.6 Å². The second-order valence-electron chi connectivity index (χ2n) is 5.42. The van der Waals surface area contributed by atoms with Crippen LogP contribution in [0.5, 0.6) is 0 Å². The molecule has 0 aromatic heterocycles. The Hall–Kier alpha value is -3.54. The van der Waals surface area contributed by atoms with E-state index in [1.807, 2.05) is 0 Å². The Kier molecular flexibility index (Phi) is 20.5. The van der Waals surface area contributed by atoms with E-state index in [2.05, 4.69) is 17.9 Å². The fourth-order valence-corrected chi connectivity index (χ4v) is 1.02. The maximum absolute atomic E-state index is 10.4. The molecule has 31 heavy (non-hydrogen) atoms. The number of aliphatic carboxylic acids is 2. The zero-order valence-corrected chi connectivity index (χ0v) is 17.3. The van der Waals surface area contributed by atoms with Gasteiger partial charge in [0.2, 0.25) is 0 Å². The van der Waals surface area contributed by atoms with Crippen molar-refractivity contribution in [1.82, 2.24) is 0 Å². The number of benzene rings is 1. The molecule has 0 radical (unpaired) electrons. The molecule has 0 fully saturated rings. The summed E-state index contributed by atoms with van der Waals surface area (Å²) in [7, 11) is 0. The summed E-state index contributed by atoms with van der Waals surface area (Å²) in [5, 5.41) is 49.0. The number of hydrogen-bond acceptors (Lipinski definition) is 7. The van der Waals surface area contributed by atoms with Crippen LogP contribution in [0, 0.1) is 0 Å². The van der Waals surface area contributed by atoms with Gasteiger partial charge in [-0.1, -0.05) is 19.2 Å². The SMILES string of the molecule is C=C(C)C(=O)O.C=C(C)C(=O)O.O=C(O)c1cccc(C(=O)O)c1.OCCOCCO. The summed E-state index contributed by atoms with van der Waals surface area (Å²) in [6.45, 7) is 9.90. The predicted molar refractivity (Wildman–Crippen MR) is 110 cm³/mol. The summed E-state index contributed by atoms with van der Waals surface area (Å²) in [6.07, 6.45) is 0. The molecule has 11 heteroatoms. The molecule has 0 aliphatic heterocycles. The third-order valence-electron chi connectivity index (χ3n) is 2.56.